The fourth-order valence-corrected chi connectivity index (χ4v) is 2.44. The zero-order chi connectivity index (χ0) is 14.1. The van der Waals surface area contributed by atoms with Gasteiger partial charge in [-0.15, -0.1) is 0 Å². The van der Waals surface area contributed by atoms with Crippen molar-refractivity contribution in [1.29, 1.82) is 0 Å². The number of halogens is 2. The fourth-order valence-electron chi connectivity index (χ4n) is 1.27. The number of carboxylic acids is 1. The summed E-state index contributed by atoms with van der Waals surface area (Å²) in [5, 5.41) is 8.49. The normalized spacial score (nSPS) is 11.8. The van der Waals surface area contributed by atoms with Crippen LogP contribution in [0.4, 0.5) is 8.78 Å². The fraction of sp³-hybridized carbons (Fsp3) is 0.300. The van der Waals surface area contributed by atoms with Crippen LogP contribution in [0.15, 0.2) is 17.0 Å². The Bertz CT molecular complexity index is 586. The number of hydrogen-bond donors (Lipinski definition) is 1. The lowest BCUT2D eigenvalue weighted by Gasteiger charge is -2.15. The van der Waals surface area contributed by atoms with Crippen LogP contribution in [-0.4, -0.2) is 37.4 Å². The summed E-state index contributed by atoms with van der Waals surface area (Å²) in [6, 6.07) is 1.29. The van der Waals surface area contributed by atoms with E-state index in [1.54, 1.807) is 0 Å². The lowest BCUT2D eigenvalue weighted by atomic mass is 10.2. The molecule has 0 bridgehead atoms. The van der Waals surface area contributed by atoms with Crippen LogP contribution in [0.25, 0.3) is 0 Å². The van der Waals surface area contributed by atoms with Gasteiger partial charge >= 0.3 is 5.97 Å². The third-order valence-corrected chi connectivity index (χ3v) is 4.08. The molecule has 0 heterocycles. The monoisotopic (exact) mass is 279 g/mol. The van der Waals surface area contributed by atoms with Gasteiger partial charge < -0.3 is 5.11 Å². The van der Waals surface area contributed by atoms with Gasteiger partial charge in [0.2, 0.25) is 10.0 Å². The highest BCUT2D eigenvalue weighted by atomic mass is 32.2. The molecule has 0 fully saturated rings. The Hall–Kier alpha value is -1.54. The second kappa shape index (κ2) is 4.99. The molecule has 5 nitrogen and oxygen atoms in total. The zero-order valence-electron chi connectivity index (χ0n) is 9.65. The van der Waals surface area contributed by atoms with E-state index in [0.717, 1.165) is 13.1 Å². The molecule has 8 heteroatoms. The van der Waals surface area contributed by atoms with Crippen LogP contribution in [0.2, 0.25) is 0 Å². The Labute approximate surface area is 103 Å². The zero-order valence-corrected chi connectivity index (χ0v) is 10.5. The molecule has 0 radical (unpaired) electrons. The van der Waals surface area contributed by atoms with Gasteiger partial charge in [-0.2, -0.15) is 4.31 Å². The van der Waals surface area contributed by atoms with Gasteiger partial charge in [0.1, 0.15) is 23.1 Å². The molecule has 0 saturated carbocycles. The molecule has 0 amide bonds. The second-order valence-corrected chi connectivity index (χ2v) is 5.70. The minimum absolute atomic E-state index is 0.0349. The van der Waals surface area contributed by atoms with Crippen LogP contribution >= 0.6 is 0 Å². The summed E-state index contributed by atoms with van der Waals surface area (Å²) in [6.07, 6.45) is 0. The summed E-state index contributed by atoms with van der Waals surface area (Å²) in [7, 11) is -3.39. The van der Waals surface area contributed by atoms with E-state index in [2.05, 4.69) is 0 Å². The number of carboxylic acid groups (broad SMARTS) is 1. The van der Waals surface area contributed by atoms with E-state index in [-0.39, 0.29) is 5.56 Å². The van der Waals surface area contributed by atoms with E-state index in [4.69, 9.17) is 5.11 Å². The minimum Gasteiger partial charge on any atom is -0.480 e. The van der Waals surface area contributed by atoms with E-state index in [1.165, 1.54) is 6.92 Å². The van der Waals surface area contributed by atoms with Crippen LogP contribution in [0, 0.1) is 18.6 Å². The molecule has 0 aromatic heterocycles. The predicted octanol–water partition coefficient (Wildman–Crippen LogP) is 0.978. The molecule has 18 heavy (non-hydrogen) atoms. The van der Waals surface area contributed by atoms with Crippen molar-refractivity contribution in [3.05, 3.63) is 29.3 Å². The average Bonchev–Trinajstić information content (AvgIpc) is 2.22. The van der Waals surface area contributed by atoms with Gasteiger partial charge in [-0.25, -0.2) is 17.2 Å². The molecular formula is C10H11F2NO4S. The first kappa shape index (κ1) is 14.5. The maximum atomic E-state index is 13.5. The van der Waals surface area contributed by atoms with Crippen molar-refractivity contribution in [3.63, 3.8) is 0 Å². The van der Waals surface area contributed by atoms with Crippen molar-refractivity contribution in [1.82, 2.24) is 4.31 Å². The standard InChI is InChI=1S/C10H11F2NO4S/c1-6-3-8(12)9(4-7(6)11)18(16,17)13(2)5-10(14)15/h3-4H,5H2,1-2H3,(H,14,15). The summed E-state index contributed by atoms with van der Waals surface area (Å²) in [5.74, 6) is -3.39. The van der Waals surface area contributed by atoms with E-state index in [9.17, 15) is 22.0 Å². The minimum atomic E-state index is -4.37. The molecule has 0 atom stereocenters. The number of likely N-dealkylation sites (N-methyl/N-ethyl adjacent to an activating group) is 1. The Morgan fingerprint density at radius 3 is 2.39 bits per heavy atom. The lowest BCUT2D eigenvalue weighted by molar-refractivity contribution is -0.137. The van der Waals surface area contributed by atoms with Crippen LogP contribution in [0.5, 0.6) is 0 Å². The Kier molecular flexibility index (Phi) is 4.02. The summed E-state index contributed by atoms with van der Waals surface area (Å²) >= 11 is 0. The van der Waals surface area contributed by atoms with Crippen molar-refractivity contribution in [2.24, 2.45) is 0 Å². The molecule has 0 aliphatic carbocycles. The largest absolute Gasteiger partial charge is 0.480 e. The quantitative estimate of drug-likeness (QED) is 0.891. The number of benzene rings is 1. The predicted molar refractivity (Wildman–Crippen MR) is 58.5 cm³/mol. The molecule has 0 spiro atoms. The van der Waals surface area contributed by atoms with Crippen LogP contribution in [-0.2, 0) is 14.8 Å². The molecule has 0 saturated heterocycles. The van der Waals surface area contributed by atoms with Crippen molar-refractivity contribution < 1.29 is 27.1 Å². The number of carbonyl (C=O) groups is 1. The highest BCUT2D eigenvalue weighted by Gasteiger charge is 2.27. The molecule has 0 aliphatic rings. The third kappa shape index (κ3) is 2.82. The highest BCUT2D eigenvalue weighted by molar-refractivity contribution is 7.89. The van der Waals surface area contributed by atoms with Crippen molar-refractivity contribution >= 4 is 16.0 Å². The van der Waals surface area contributed by atoms with E-state index in [0.29, 0.717) is 10.4 Å². The Morgan fingerprint density at radius 2 is 1.89 bits per heavy atom. The third-order valence-electron chi connectivity index (χ3n) is 2.26. The SMILES string of the molecule is Cc1cc(F)c(S(=O)(=O)N(C)CC(=O)O)cc1F. The van der Waals surface area contributed by atoms with Crippen molar-refractivity contribution in [2.45, 2.75) is 11.8 Å². The number of rotatable bonds is 4. The van der Waals surface area contributed by atoms with Crippen LogP contribution in [0.3, 0.4) is 0 Å². The highest BCUT2D eigenvalue weighted by Crippen LogP contribution is 2.21. The van der Waals surface area contributed by atoms with Gasteiger partial charge in [-0.05, 0) is 24.6 Å². The van der Waals surface area contributed by atoms with Gasteiger partial charge in [0.05, 0.1) is 0 Å². The molecule has 0 unspecified atom stereocenters. The van der Waals surface area contributed by atoms with Gasteiger partial charge in [-0.1, -0.05) is 0 Å². The van der Waals surface area contributed by atoms with Crippen molar-refractivity contribution in [2.75, 3.05) is 13.6 Å². The molecular weight excluding hydrogens is 268 g/mol. The van der Waals surface area contributed by atoms with E-state index in [1.807, 2.05) is 0 Å². The smallest absolute Gasteiger partial charge is 0.318 e. The summed E-state index contributed by atoms with van der Waals surface area (Å²) in [4.78, 5) is 9.54. The first-order chi connectivity index (χ1) is 8.16. The first-order valence-electron chi connectivity index (χ1n) is 4.80. The maximum Gasteiger partial charge on any atom is 0.318 e. The topological polar surface area (TPSA) is 74.7 Å². The summed E-state index contributed by atoms with van der Waals surface area (Å²) < 4.78 is 50.8. The summed E-state index contributed by atoms with van der Waals surface area (Å²) in [6.45, 7) is 0.451. The van der Waals surface area contributed by atoms with Gasteiger partial charge in [0.25, 0.3) is 0 Å². The molecule has 0 aliphatic heterocycles. The van der Waals surface area contributed by atoms with Crippen LogP contribution < -0.4 is 0 Å². The number of hydrogen-bond acceptors (Lipinski definition) is 3. The van der Waals surface area contributed by atoms with Gasteiger partial charge in [0.15, 0.2) is 0 Å². The van der Waals surface area contributed by atoms with Gasteiger partial charge in [-0.3, -0.25) is 4.79 Å². The van der Waals surface area contributed by atoms with E-state index >= 15 is 0 Å². The number of sulfonamides is 1. The average molecular weight is 279 g/mol. The van der Waals surface area contributed by atoms with Crippen LogP contribution in [0.1, 0.15) is 5.56 Å². The second-order valence-electron chi connectivity index (χ2n) is 3.69. The lowest BCUT2D eigenvalue weighted by Crippen LogP contribution is -2.32. The molecule has 100 valence electrons. The van der Waals surface area contributed by atoms with Gasteiger partial charge in [0, 0.05) is 7.05 Å². The van der Waals surface area contributed by atoms with E-state index < -0.39 is 39.1 Å². The maximum absolute atomic E-state index is 13.5. The number of aryl methyl sites for hydroxylation is 1. The number of nitrogens with zero attached hydrogens (tertiary/aromatic N) is 1. The molecule has 1 aromatic rings. The summed E-state index contributed by atoms with van der Waals surface area (Å²) in [5.41, 5.74) is -0.0349. The first-order valence-corrected chi connectivity index (χ1v) is 6.24. The molecule has 1 rings (SSSR count). The van der Waals surface area contributed by atoms with Crippen molar-refractivity contribution in [3.8, 4) is 0 Å². The number of aliphatic carboxylic acids is 1. The molecule has 1 N–H and O–H groups in total. The molecule has 1 aromatic carbocycles. The Balaban J connectivity index is 3.29. The Morgan fingerprint density at radius 1 is 1.33 bits per heavy atom.